The molecule has 0 aromatic heterocycles. The normalized spacial score (nSPS) is 20.9. The predicted octanol–water partition coefficient (Wildman–Crippen LogP) is 10.7. The van der Waals surface area contributed by atoms with Crippen molar-refractivity contribution in [3.63, 3.8) is 0 Å². The molecule has 0 bridgehead atoms. The quantitative estimate of drug-likeness (QED) is 0.0150. The highest BCUT2D eigenvalue weighted by atomic mass is 16.7. The second-order valence-corrected chi connectivity index (χ2v) is 17.6. The summed E-state index contributed by atoms with van der Waals surface area (Å²) in [7, 11) is 0. The van der Waals surface area contributed by atoms with Gasteiger partial charge in [0.1, 0.15) is 24.4 Å². The minimum atomic E-state index is -1.63. The molecule has 1 aliphatic heterocycles. The molecule has 0 radical (unpaired) electrons. The molecule has 1 amide bonds. The number of aliphatic hydroxyl groups excluding tert-OH is 5. The molecule has 66 heavy (non-hydrogen) atoms. The van der Waals surface area contributed by atoms with Gasteiger partial charge in [-0.2, -0.15) is 0 Å². The number of allylic oxidation sites excluding steroid dienone is 13. The number of carbonyl (C=O) groups excluding carboxylic acids is 2. The van der Waals surface area contributed by atoms with Gasteiger partial charge in [-0.1, -0.05) is 196 Å². The van der Waals surface area contributed by atoms with Crippen molar-refractivity contribution in [3.8, 4) is 0 Å². The van der Waals surface area contributed by atoms with Crippen LogP contribution in [-0.2, 0) is 23.8 Å². The first kappa shape index (κ1) is 60.9. The highest BCUT2D eigenvalue weighted by molar-refractivity contribution is 5.80. The molecule has 11 nitrogen and oxygen atoms in total. The molecule has 6 N–H and O–H groups in total. The lowest BCUT2D eigenvalue weighted by molar-refractivity contribution is -0.305. The van der Waals surface area contributed by atoms with Crippen molar-refractivity contribution in [1.29, 1.82) is 0 Å². The van der Waals surface area contributed by atoms with Crippen molar-refractivity contribution in [2.24, 2.45) is 0 Å². The van der Waals surface area contributed by atoms with E-state index in [0.29, 0.717) is 12.8 Å². The van der Waals surface area contributed by atoms with Crippen LogP contribution in [0.3, 0.4) is 0 Å². The average molecular weight is 928 g/mol. The second-order valence-electron chi connectivity index (χ2n) is 17.6. The number of rotatable bonds is 41. The van der Waals surface area contributed by atoms with Crippen LogP contribution in [0.4, 0.5) is 0 Å². The summed E-state index contributed by atoms with van der Waals surface area (Å²) in [5, 5.41) is 56.5. The van der Waals surface area contributed by atoms with Crippen LogP contribution < -0.4 is 5.32 Å². The Kier molecular flexibility index (Phi) is 39.8. The summed E-state index contributed by atoms with van der Waals surface area (Å²) in [5.74, 6) is -1.25. The Morgan fingerprint density at radius 2 is 1.17 bits per heavy atom. The van der Waals surface area contributed by atoms with E-state index < -0.39 is 67.4 Å². The van der Waals surface area contributed by atoms with Crippen LogP contribution in [0.2, 0.25) is 0 Å². The molecule has 0 saturated carbocycles. The minimum Gasteiger partial charge on any atom is -0.454 e. The van der Waals surface area contributed by atoms with E-state index in [4.69, 9.17) is 14.2 Å². The zero-order valence-corrected chi connectivity index (χ0v) is 41.3. The van der Waals surface area contributed by atoms with Crippen LogP contribution in [0.25, 0.3) is 0 Å². The first-order valence-electron chi connectivity index (χ1n) is 25.9. The lowest BCUT2D eigenvalue weighted by Crippen LogP contribution is -2.61. The Morgan fingerprint density at radius 3 is 1.80 bits per heavy atom. The number of hydrogen-bond donors (Lipinski definition) is 6. The van der Waals surface area contributed by atoms with Gasteiger partial charge >= 0.3 is 5.97 Å². The molecule has 8 atom stereocenters. The van der Waals surface area contributed by atoms with E-state index in [1.165, 1.54) is 38.5 Å². The molecule has 1 fully saturated rings. The Bertz CT molecular complexity index is 1390. The fraction of sp³-hybridized carbons (Fsp3) is 0.709. The van der Waals surface area contributed by atoms with Crippen molar-refractivity contribution in [2.75, 3.05) is 13.2 Å². The number of hydrogen-bond acceptors (Lipinski definition) is 10. The molecule has 11 heteroatoms. The molecule has 378 valence electrons. The van der Waals surface area contributed by atoms with Crippen LogP contribution in [-0.4, -0.2) is 99.6 Å². The molecule has 1 saturated heterocycles. The lowest BCUT2D eigenvalue weighted by atomic mass is 9.99. The first-order valence-corrected chi connectivity index (χ1v) is 25.9. The van der Waals surface area contributed by atoms with Gasteiger partial charge in [0, 0.05) is 6.42 Å². The summed E-state index contributed by atoms with van der Waals surface area (Å²) in [4.78, 5) is 26.3. The number of ether oxygens (including phenoxy) is 3. The topological polar surface area (TPSA) is 175 Å². The van der Waals surface area contributed by atoms with Gasteiger partial charge in [0.2, 0.25) is 5.91 Å². The summed E-state index contributed by atoms with van der Waals surface area (Å²) >= 11 is 0. The molecule has 0 spiro atoms. The van der Waals surface area contributed by atoms with Gasteiger partial charge in [0.15, 0.2) is 12.4 Å². The lowest BCUT2D eigenvalue weighted by Gasteiger charge is -2.41. The Labute approximate surface area is 400 Å². The highest BCUT2D eigenvalue weighted by Gasteiger charge is 2.47. The number of aliphatic hydroxyl groups is 5. The van der Waals surface area contributed by atoms with Crippen LogP contribution in [0.1, 0.15) is 188 Å². The number of carbonyl (C=O) groups is 2. The van der Waals surface area contributed by atoms with E-state index in [-0.39, 0.29) is 19.4 Å². The first-order chi connectivity index (χ1) is 32.2. The van der Waals surface area contributed by atoms with Crippen molar-refractivity contribution < 1.29 is 49.3 Å². The highest BCUT2D eigenvalue weighted by Crippen LogP contribution is 2.26. The number of unbranched alkanes of at least 4 members (excludes halogenated alkanes) is 18. The molecule has 0 aromatic carbocycles. The van der Waals surface area contributed by atoms with Gasteiger partial charge in [0.25, 0.3) is 0 Å². The van der Waals surface area contributed by atoms with Crippen LogP contribution >= 0.6 is 0 Å². The Balaban J connectivity index is 2.82. The molecule has 0 aromatic rings. The largest absolute Gasteiger partial charge is 0.454 e. The van der Waals surface area contributed by atoms with Gasteiger partial charge < -0.3 is 45.1 Å². The van der Waals surface area contributed by atoms with E-state index in [9.17, 15) is 35.1 Å². The average Bonchev–Trinajstić information content (AvgIpc) is 3.31. The maximum absolute atomic E-state index is 13.3. The van der Waals surface area contributed by atoms with E-state index in [2.05, 4.69) is 62.5 Å². The molecule has 0 aliphatic carbocycles. The van der Waals surface area contributed by atoms with Gasteiger partial charge in [-0.15, -0.1) is 0 Å². The maximum atomic E-state index is 13.3. The summed E-state index contributed by atoms with van der Waals surface area (Å²) in [5.41, 5.74) is 0. The van der Waals surface area contributed by atoms with Crippen LogP contribution in [0, 0.1) is 0 Å². The SMILES string of the molecule is CC/C=C/C=C/C=C\C=C/CCCCCC(=O)OC1C(OCC(NC(=O)C(O)CCCCCCCC/C=C/C/C=C/CC)C(O)/C=C/CCCCCCCCCCC)OC(CO)C(O)C1O. The van der Waals surface area contributed by atoms with Gasteiger partial charge in [-0.3, -0.25) is 9.59 Å². The van der Waals surface area contributed by atoms with Gasteiger partial charge in [-0.05, 0) is 70.6 Å². The second kappa shape index (κ2) is 43.1. The standard InChI is InChI=1S/C55H93NO10/c1-4-7-10-13-16-19-22-24-27-30-33-36-39-42-48(59)54(63)56-46(47(58)41-38-35-32-29-26-21-18-15-12-9-6-3)45-64-55-53(52(62)51(61)49(44-57)65-55)66-50(60)43-40-37-34-31-28-25-23-20-17-14-11-8-5-2/h7-8,10-11,14,16-17,19-20,23,25,28,38,41,46-49,51-53,55,57-59,61-62H,4-6,9,12-13,15,18,21-22,24,26-27,29-37,39-40,42-45H2,1-3H3,(H,56,63)/b10-7+,11-8+,17-14+,19-16+,23-20-,28-25-,41-38+. The van der Waals surface area contributed by atoms with E-state index in [0.717, 1.165) is 103 Å². The summed E-state index contributed by atoms with van der Waals surface area (Å²) in [6.45, 7) is 5.46. The number of esters is 1. The van der Waals surface area contributed by atoms with Gasteiger partial charge in [-0.25, -0.2) is 0 Å². The van der Waals surface area contributed by atoms with Crippen molar-refractivity contribution in [2.45, 2.75) is 237 Å². The van der Waals surface area contributed by atoms with Crippen LogP contribution in [0.5, 0.6) is 0 Å². The van der Waals surface area contributed by atoms with Crippen molar-refractivity contribution in [1.82, 2.24) is 5.32 Å². The predicted molar refractivity (Wildman–Crippen MR) is 269 cm³/mol. The third kappa shape index (κ3) is 31.7. The smallest absolute Gasteiger partial charge is 0.306 e. The molecule has 1 rings (SSSR count). The Morgan fingerprint density at radius 1 is 0.621 bits per heavy atom. The van der Waals surface area contributed by atoms with Crippen molar-refractivity contribution in [3.05, 3.63) is 85.1 Å². The number of nitrogens with one attached hydrogen (secondary N) is 1. The summed E-state index contributed by atoms with van der Waals surface area (Å²) in [6.07, 6.45) is 43.6. The monoisotopic (exact) mass is 928 g/mol. The van der Waals surface area contributed by atoms with E-state index in [1.54, 1.807) is 6.08 Å². The zero-order valence-electron chi connectivity index (χ0n) is 41.3. The third-order valence-electron chi connectivity index (χ3n) is 11.6. The molecule has 1 heterocycles. The van der Waals surface area contributed by atoms with E-state index >= 15 is 0 Å². The summed E-state index contributed by atoms with van der Waals surface area (Å²) in [6, 6.07) is -1.04. The Hall–Kier alpha value is -3.16. The van der Waals surface area contributed by atoms with Crippen molar-refractivity contribution >= 4 is 11.9 Å². The fourth-order valence-corrected chi connectivity index (χ4v) is 7.52. The minimum absolute atomic E-state index is 0.0726. The fourth-order valence-electron chi connectivity index (χ4n) is 7.52. The number of amides is 1. The zero-order chi connectivity index (χ0) is 48.3. The van der Waals surface area contributed by atoms with Crippen LogP contribution in [0.15, 0.2) is 85.1 Å². The molecular weight excluding hydrogens is 835 g/mol. The van der Waals surface area contributed by atoms with Gasteiger partial charge in [0.05, 0.1) is 25.4 Å². The molecule has 8 unspecified atom stereocenters. The molecule has 1 aliphatic rings. The van der Waals surface area contributed by atoms with E-state index in [1.807, 2.05) is 42.5 Å². The summed E-state index contributed by atoms with van der Waals surface area (Å²) < 4.78 is 17.4. The molecular formula is C55H93NO10. The third-order valence-corrected chi connectivity index (χ3v) is 11.6. The maximum Gasteiger partial charge on any atom is 0.306 e.